The fraction of sp³-hybridized carbons (Fsp3) is 0.350. The third-order valence-corrected chi connectivity index (χ3v) is 5.64. The van der Waals surface area contributed by atoms with Crippen molar-refractivity contribution < 1.29 is 9.72 Å². The molecule has 0 aromatic heterocycles. The van der Waals surface area contributed by atoms with Gasteiger partial charge in [-0.2, -0.15) is 0 Å². The Hall–Kier alpha value is -2.54. The summed E-state index contributed by atoms with van der Waals surface area (Å²) in [6, 6.07) is 12.2. The summed E-state index contributed by atoms with van der Waals surface area (Å²) in [5, 5.41) is 14.0. The zero-order valence-electron chi connectivity index (χ0n) is 15.5. The van der Waals surface area contributed by atoms with Crippen LogP contribution in [-0.4, -0.2) is 30.2 Å². The average Bonchev–Trinajstić information content (AvgIpc) is 2.68. The minimum absolute atomic E-state index is 0.0703. The number of benzene rings is 2. The molecular weight excluding hydrogens is 362 g/mol. The first-order chi connectivity index (χ1) is 13.0. The quantitative estimate of drug-likeness (QED) is 0.454. The number of piperidine rings is 1. The van der Waals surface area contributed by atoms with E-state index in [1.165, 1.54) is 30.7 Å². The van der Waals surface area contributed by atoms with Gasteiger partial charge in [-0.1, -0.05) is 6.92 Å². The summed E-state index contributed by atoms with van der Waals surface area (Å²) >= 11 is 1.44. The summed E-state index contributed by atoms with van der Waals surface area (Å²) in [7, 11) is 0. The monoisotopic (exact) mass is 385 g/mol. The maximum Gasteiger partial charge on any atom is 0.282 e. The lowest BCUT2D eigenvalue weighted by Gasteiger charge is -2.32. The molecule has 1 N–H and O–H groups in total. The van der Waals surface area contributed by atoms with E-state index in [1.54, 1.807) is 12.1 Å². The number of anilines is 2. The Morgan fingerprint density at radius 2 is 1.85 bits per heavy atom. The number of nitrogens with zero attached hydrogens (tertiary/aromatic N) is 2. The highest BCUT2D eigenvalue weighted by molar-refractivity contribution is 7.98. The van der Waals surface area contributed by atoms with E-state index in [9.17, 15) is 14.9 Å². The van der Waals surface area contributed by atoms with Gasteiger partial charge < -0.3 is 10.2 Å². The predicted octanol–water partition coefficient (Wildman–Crippen LogP) is 4.81. The molecule has 1 saturated heterocycles. The molecule has 0 atom stereocenters. The van der Waals surface area contributed by atoms with Crippen LogP contribution in [0.15, 0.2) is 47.4 Å². The molecule has 27 heavy (non-hydrogen) atoms. The fourth-order valence-electron chi connectivity index (χ4n) is 3.20. The first kappa shape index (κ1) is 19.2. The van der Waals surface area contributed by atoms with Gasteiger partial charge >= 0.3 is 0 Å². The molecule has 142 valence electrons. The number of hydrogen-bond acceptors (Lipinski definition) is 5. The Morgan fingerprint density at radius 1 is 1.19 bits per heavy atom. The molecule has 0 bridgehead atoms. The van der Waals surface area contributed by atoms with Gasteiger partial charge in [0.15, 0.2) is 0 Å². The molecule has 1 fully saturated rings. The third kappa shape index (κ3) is 4.60. The summed E-state index contributed by atoms with van der Waals surface area (Å²) in [6.07, 6.45) is 4.24. The van der Waals surface area contributed by atoms with E-state index in [0.717, 1.165) is 29.6 Å². The predicted molar refractivity (Wildman–Crippen MR) is 110 cm³/mol. The van der Waals surface area contributed by atoms with E-state index in [1.807, 2.05) is 30.5 Å². The number of rotatable bonds is 5. The first-order valence-electron chi connectivity index (χ1n) is 8.96. The molecule has 6 nitrogen and oxygen atoms in total. The largest absolute Gasteiger partial charge is 0.372 e. The summed E-state index contributed by atoms with van der Waals surface area (Å²) < 4.78 is 0. The lowest BCUT2D eigenvalue weighted by atomic mass is 9.99. The highest BCUT2D eigenvalue weighted by Crippen LogP contribution is 2.27. The zero-order chi connectivity index (χ0) is 19.4. The van der Waals surface area contributed by atoms with Gasteiger partial charge in [0.2, 0.25) is 0 Å². The maximum absolute atomic E-state index is 12.6. The molecule has 0 aliphatic carbocycles. The van der Waals surface area contributed by atoms with E-state index < -0.39 is 10.8 Å². The van der Waals surface area contributed by atoms with Gasteiger partial charge in [0, 0.05) is 35.4 Å². The van der Waals surface area contributed by atoms with Crippen LogP contribution in [0.1, 0.15) is 30.1 Å². The fourth-order valence-corrected chi connectivity index (χ4v) is 3.64. The minimum atomic E-state index is -0.528. The standard InChI is InChI=1S/C20H23N3O3S/c1-14-9-11-22(12-10-14)16-5-3-15(4-6-16)21-20(24)18-13-17(27-2)7-8-19(18)23(25)26/h3-8,13-14H,9-12H2,1-2H3,(H,21,24). The normalized spacial score (nSPS) is 14.8. The molecule has 0 saturated carbocycles. The topological polar surface area (TPSA) is 75.5 Å². The van der Waals surface area contributed by atoms with E-state index in [4.69, 9.17) is 0 Å². The number of thioether (sulfide) groups is 1. The van der Waals surface area contributed by atoms with Crippen LogP contribution in [0, 0.1) is 16.0 Å². The minimum Gasteiger partial charge on any atom is -0.372 e. The van der Waals surface area contributed by atoms with Gasteiger partial charge in [-0.05, 0) is 61.4 Å². The Bertz CT molecular complexity index is 831. The molecule has 0 radical (unpaired) electrons. The van der Waals surface area contributed by atoms with Crippen LogP contribution in [0.2, 0.25) is 0 Å². The number of nitro benzene ring substituents is 1. The molecule has 1 heterocycles. The van der Waals surface area contributed by atoms with E-state index >= 15 is 0 Å². The van der Waals surface area contributed by atoms with Crippen LogP contribution in [0.3, 0.4) is 0 Å². The van der Waals surface area contributed by atoms with Crippen molar-refractivity contribution in [3.05, 3.63) is 58.1 Å². The SMILES string of the molecule is CSc1ccc([N+](=O)[O-])c(C(=O)Nc2ccc(N3CCC(C)CC3)cc2)c1. The van der Waals surface area contributed by atoms with Gasteiger partial charge in [0.25, 0.3) is 11.6 Å². The number of nitrogens with one attached hydrogen (secondary N) is 1. The van der Waals surface area contributed by atoms with Crippen molar-refractivity contribution >= 4 is 34.7 Å². The highest BCUT2D eigenvalue weighted by Gasteiger charge is 2.21. The number of hydrogen-bond donors (Lipinski definition) is 1. The molecule has 1 amide bonds. The van der Waals surface area contributed by atoms with Crippen molar-refractivity contribution in [1.29, 1.82) is 0 Å². The Kier molecular flexibility index (Phi) is 6.01. The molecule has 1 aliphatic heterocycles. The Labute approximate surface area is 163 Å². The van der Waals surface area contributed by atoms with E-state index in [-0.39, 0.29) is 11.3 Å². The maximum atomic E-state index is 12.6. The zero-order valence-corrected chi connectivity index (χ0v) is 16.3. The summed E-state index contributed by atoms with van der Waals surface area (Å²) in [5.74, 6) is 0.296. The van der Waals surface area contributed by atoms with Gasteiger partial charge in [-0.3, -0.25) is 14.9 Å². The number of nitro groups is 1. The highest BCUT2D eigenvalue weighted by atomic mass is 32.2. The van der Waals surface area contributed by atoms with Crippen molar-refractivity contribution in [2.24, 2.45) is 5.92 Å². The Balaban J connectivity index is 1.74. The molecule has 0 spiro atoms. The van der Waals surface area contributed by atoms with E-state index in [0.29, 0.717) is 5.69 Å². The lowest BCUT2D eigenvalue weighted by molar-refractivity contribution is -0.385. The van der Waals surface area contributed by atoms with Crippen molar-refractivity contribution in [3.8, 4) is 0 Å². The second-order valence-electron chi connectivity index (χ2n) is 6.81. The van der Waals surface area contributed by atoms with Crippen molar-refractivity contribution in [2.75, 3.05) is 29.6 Å². The summed E-state index contributed by atoms with van der Waals surface area (Å²) in [4.78, 5) is 26.5. The van der Waals surface area contributed by atoms with Gasteiger partial charge in [-0.15, -0.1) is 11.8 Å². The smallest absolute Gasteiger partial charge is 0.282 e. The van der Waals surface area contributed by atoms with E-state index in [2.05, 4.69) is 17.1 Å². The van der Waals surface area contributed by atoms with Gasteiger partial charge in [0.05, 0.1) is 4.92 Å². The third-order valence-electron chi connectivity index (χ3n) is 4.92. The molecule has 7 heteroatoms. The molecule has 0 unspecified atom stereocenters. The van der Waals surface area contributed by atoms with Crippen LogP contribution >= 0.6 is 11.8 Å². The Morgan fingerprint density at radius 3 is 2.44 bits per heavy atom. The second-order valence-corrected chi connectivity index (χ2v) is 7.69. The van der Waals surface area contributed by atoms with Crippen LogP contribution in [0.4, 0.5) is 17.1 Å². The van der Waals surface area contributed by atoms with Crippen LogP contribution < -0.4 is 10.2 Å². The van der Waals surface area contributed by atoms with Crippen molar-refractivity contribution in [3.63, 3.8) is 0 Å². The van der Waals surface area contributed by atoms with Gasteiger partial charge in [-0.25, -0.2) is 0 Å². The number of carbonyl (C=O) groups is 1. The van der Waals surface area contributed by atoms with Gasteiger partial charge in [0.1, 0.15) is 5.56 Å². The average molecular weight is 385 g/mol. The van der Waals surface area contributed by atoms with Crippen molar-refractivity contribution in [1.82, 2.24) is 0 Å². The van der Waals surface area contributed by atoms with Crippen molar-refractivity contribution in [2.45, 2.75) is 24.7 Å². The van der Waals surface area contributed by atoms with Crippen LogP contribution in [-0.2, 0) is 0 Å². The second kappa shape index (κ2) is 8.43. The molecule has 2 aromatic carbocycles. The molecule has 1 aliphatic rings. The van der Waals surface area contributed by atoms with Crippen LogP contribution in [0.5, 0.6) is 0 Å². The molecule has 3 rings (SSSR count). The molecular formula is C20H23N3O3S. The molecule has 2 aromatic rings. The summed E-state index contributed by atoms with van der Waals surface area (Å²) in [6.45, 7) is 4.36. The summed E-state index contributed by atoms with van der Waals surface area (Å²) in [5.41, 5.74) is 1.64. The first-order valence-corrected chi connectivity index (χ1v) is 10.2. The number of amides is 1. The number of carbonyl (C=O) groups excluding carboxylic acids is 1. The van der Waals surface area contributed by atoms with Crippen LogP contribution in [0.25, 0.3) is 0 Å². The lowest BCUT2D eigenvalue weighted by Crippen LogP contribution is -2.32.